The third-order valence-corrected chi connectivity index (χ3v) is 4.53. The summed E-state index contributed by atoms with van der Waals surface area (Å²) >= 11 is 0. The molecule has 1 aromatic heterocycles. The van der Waals surface area contributed by atoms with Crippen LogP contribution in [0.2, 0.25) is 0 Å². The fourth-order valence-corrected chi connectivity index (χ4v) is 3.32. The smallest absolute Gasteiger partial charge is 0.293 e. The largest absolute Gasteiger partial charge is 0.324 e. The molecule has 7 heteroatoms. The molecule has 1 amide bonds. The highest BCUT2D eigenvalue weighted by Crippen LogP contribution is 2.35. The summed E-state index contributed by atoms with van der Waals surface area (Å²) < 4.78 is 27.6. The second-order valence-electron chi connectivity index (χ2n) is 6.23. The molecule has 0 spiro atoms. The first-order chi connectivity index (χ1) is 10.9. The van der Waals surface area contributed by atoms with E-state index in [-0.39, 0.29) is 11.7 Å². The molecule has 0 N–H and O–H groups in total. The molecule has 2 aliphatic rings. The molecule has 1 saturated heterocycles. The van der Waals surface area contributed by atoms with Crippen molar-refractivity contribution in [3.8, 4) is 0 Å². The molecule has 120 valence electrons. The topological polar surface area (TPSA) is 51.0 Å². The van der Waals surface area contributed by atoms with Gasteiger partial charge in [0, 0.05) is 12.5 Å². The van der Waals surface area contributed by atoms with Gasteiger partial charge in [0.25, 0.3) is 11.8 Å². The third-order valence-electron chi connectivity index (χ3n) is 4.53. The zero-order chi connectivity index (χ0) is 16.2. The van der Waals surface area contributed by atoms with Gasteiger partial charge < -0.3 is 4.90 Å². The van der Waals surface area contributed by atoms with E-state index < -0.39 is 24.9 Å². The number of likely N-dealkylation sites (tertiary alicyclic amines) is 1. The average molecular weight is 318 g/mol. The van der Waals surface area contributed by atoms with Crippen molar-refractivity contribution in [3.63, 3.8) is 0 Å². The van der Waals surface area contributed by atoms with E-state index in [9.17, 15) is 13.6 Å². The summed E-state index contributed by atoms with van der Waals surface area (Å²) in [7, 11) is 0. The van der Waals surface area contributed by atoms with Crippen LogP contribution in [0.3, 0.4) is 0 Å². The molecular weight excluding hydrogens is 302 g/mol. The van der Waals surface area contributed by atoms with Crippen LogP contribution in [0.15, 0.2) is 24.3 Å². The number of rotatable bonds is 2. The van der Waals surface area contributed by atoms with Gasteiger partial charge in [0.1, 0.15) is 5.82 Å². The van der Waals surface area contributed by atoms with Gasteiger partial charge in [-0.3, -0.25) is 4.79 Å². The molecule has 0 saturated carbocycles. The number of halogens is 2. The first-order valence-electron chi connectivity index (χ1n) is 7.62. The number of hydrogen-bond acceptors (Lipinski definition) is 3. The minimum atomic E-state index is -2.78. The Balaban J connectivity index is 1.60. The second kappa shape index (κ2) is 4.84. The minimum absolute atomic E-state index is 0.0220. The Morgan fingerprint density at radius 3 is 2.74 bits per heavy atom. The van der Waals surface area contributed by atoms with Crippen LogP contribution in [-0.2, 0) is 6.54 Å². The summed E-state index contributed by atoms with van der Waals surface area (Å²) in [6, 6.07) is 8.07. The molecule has 2 aromatic rings. The molecule has 2 aliphatic heterocycles. The molecular formula is C16H16F2N4O. The Morgan fingerprint density at radius 2 is 2.04 bits per heavy atom. The summed E-state index contributed by atoms with van der Waals surface area (Å²) in [4.78, 5) is 17.6. The van der Waals surface area contributed by atoms with Crippen molar-refractivity contribution in [1.29, 1.82) is 0 Å². The molecule has 1 aromatic carbocycles. The standard InChI is InChI=1S/C16H16F2N4O/c1-10-4-2-3-5-11(10)12-6-7-22-14(12)19-13(20-22)15(23)21-8-16(17,18)9-21/h2-5,12H,6-9H2,1H3. The summed E-state index contributed by atoms with van der Waals surface area (Å²) in [6.07, 6.45) is 0.885. The zero-order valence-electron chi connectivity index (χ0n) is 12.7. The highest BCUT2D eigenvalue weighted by Gasteiger charge is 2.47. The van der Waals surface area contributed by atoms with Crippen molar-refractivity contribution in [3.05, 3.63) is 47.0 Å². The second-order valence-corrected chi connectivity index (χ2v) is 6.23. The van der Waals surface area contributed by atoms with Crippen LogP contribution in [0.1, 0.15) is 39.9 Å². The predicted molar refractivity (Wildman–Crippen MR) is 78.5 cm³/mol. The molecule has 3 heterocycles. The van der Waals surface area contributed by atoms with Crippen LogP contribution in [0.25, 0.3) is 0 Å². The summed E-state index contributed by atoms with van der Waals surface area (Å²) in [5.41, 5.74) is 2.34. The maximum absolute atomic E-state index is 12.9. The van der Waals surface area contributed by atoms with E-state index >= 15 is 0 Å². The highest BCUT2D eigenvalue weighted by atomic mass is 19.3. The van der Waals surface area contributed by atoms with Gasteiger partial charge in [-0.15, -0.1) is 5.10 Å². The predicted octanol–water partition coefficient (Wildman–Crippen LogP) is 2.21. The summed E-state index contributed by atoms with van der Waals surface area (Å²) in [5.74, 6) is -2.42. The van der Waals surface area contributed by atoms with Crippen molar-refractivity contribution in [2.75, 3.05) is 13.1 Å². The van der Waals surface area contributed by atoms with E-state index in [1.54, 1.807) is 4.68 Å². The van der Waals surface area contributed by atoms with Crippen molar-refractivity contribution in [1.82, 2.24) is 19.7 Å². The molecule has 0 radical (unpaired) electrons. The van der Waals surface area contributed by atoms with E-state index in [0.717, 1.165) is 17.1 Å². The van der Waals surface area contributed by atoms with Gasteiger partial charge in [-0.05, 0) is 24.5 Å². The Bertz CT molecular complexity index is 778. The molecule has 1 atom stereocenters. The highest BCUT2D eigenvalue weighted by molar-refractivity contribution is 5.91. The molecule has 1 fully saturated rings. The number of fused-ring (bicyclic) bond motifs is 1. The fourth-order valence-electron chi connectivity index (χ4n) is 3.32. The van der Waals surface area contributed by atoms with Gasteiger partial charge >= 0.3 is 0 Å². The van der Waals surface area contributed by atoms with E-state index in [0.29, 0.717) is 6.54 Å². The lowest BCUT2D eigenvalue weighted by molar-refractivity contribution is -0.113. The number of carbonyl (C=O) groups excluding carboxylic acids is 1. The Labute approximate surface area is 131 Å². The SMILES string of the molecule is Cc1ccccc1C1CCn2nc(C(=O)N3CC(F)(F)C3)nc21. The molecule has 23 heavy (non-hydrogen) atoms. The van der Waals surface area contributed by atoms with E-state index in [2.05, 4.69) is 16.1 Å². The average Bonchev–Trinajstić information content (AvgIpc) is 3.05. The van der Waals surface area contributed by atoms with Crippen LogP contribution >= 0.6 is 0 Å². The lowest BCUT2D eigenvalue weighted by Gasteiger charge is -2.37. The number of benzene rings is 1. The van der Waals surface area contributed by atoms with Gasteiger partial charge in [-0.1, -0.05) is 24.3 Å². The first kappa shape index (κ1) is 14.3. The number of amides is 1. The number of aromatic nitrogens is 3. The van der Waals surface area contributed by atoms with Crippen LogP contribution in [-0.4, -0.2) is 44.6 Å². The van der Waals surface area contributed by atoms with Gasteiger partial charge in [-0.2, -0.15) is 0 Å². The first-order valence-corrected chi connectivity index (χ1v) is 7.62. The Kier molecular flexibility index (Phi) is 3.01. The van der Waals surface area contributed by atoms with Crippen molar-refractivity contribution < 1.29 is 13.6 Å². The van der Waals surface area contributed by atoms with E-state index in [4.69, 9.17) is 0 Å². The van der Waals surface area contributed by atoms with Gasteiger partial charge in [0.05, 0.1) is 13.1 Å². The van der Waals surface area contributed by atoms with E-state index in [1.165, 1.54) is 11.1 Å². The van der Waals surface area contributed by atoms with Crippen molar-refractivity contribution in [2.45, 2.75) is 31.7 Å². The van der Waals surface area contributed by atoms with Gasteiger partial charge in [0.2, 0.25) is 5.82 Å². The lowest BCUT2D eigenvalue weighted by Crippen LogP contribution is -2.58. The molecule has 0 bridgehead atoms. The summed E-state index contributed by atoms with van der Waals surface area (Å²) in [6.45, 7) is 1.64. The van der Waals surface area contributed by atoms with Crippen molar-refractivity contribution >= 4 is 5.91 Å². The van der Waals surface area contributed by atoms with E-state index in [1.807, 2.05) is 25.1 Å². The Morgan fingerprint density at radius 1 is 1.30 bits per heavy atom. The molecule has 5 nitrogen and oxygen atoms in total. The van der Waals surface area contributed by atoms with Crippen LogP contribution < -0.4 is 0 Å². The number of hydrogen-bond donors (Lipinski definition) is 0. The molecule has 0 aliphatic carbocycles. The Hall–Kier alpha value is -2.31. The maximum Gasteiger partial charge on any atom is 0.293 e. The number of alkyl halides is 2. The fraction of sp³-hybridized carbons (Fsp3) is 0.438. The molecule has 4 rings (SSSR count). The number of aryl methyl sites for hydroxylation is 2. The van der Waals surface area contributed by atoms with Crippen LogP contribution in [0.5, 0.6) is 0 Å². The van der Waals surface area contributed by atoms with Gasteiger partial charge in [0.15, 0.2) is 0 Å². The van der Waals surface area contributed by atoms with Crippen LogP contribution in [0, 0.1) is 6.92 Å². The maximum atomic E-state index is 12.9. The normalized spacial score (nSPS) is 21.9. The third kappa shape index (κ3) is 2.31. The molecule has 1 unspecified atom stereocenters. The minimum Gasteiger partial charge on any atom is -0.324 e. The quantitative estimate of drug-likeness (QED) is 0.853. The zero-order valence-corrected chi connectivity index (χ0v) is 12.7. The summed E-state index contributed by atoms with van der Waals surface area (Å²) in [5, 5.41) is 4.22. The van der Waals surface area contributed by atoms with Gasteiger partial charge in [-0.25, -0.2) is 18.4 Å². The monoisotopic (exact) mass is 318 g/mol. The number of carbonyl (C=O) groups is 1. The number of nitrogens with zero attached hydrogens (tertiary/aromatic N) is 4. The van der Waals surface area contributed by atoms with Crippen LogP contribution in [0.4, 0.5) is 8.78 Å². The van der Waals surface area contributed by atoms with Crippen molar-refractivity contribution in [2.24, 2.45) is 0 Å². The lowest BCUT2D eigenvalue weighted by atomic mass is 9.93.